The summed E-state index contributed by atoms with van der Waals surface area (Å²) in [6, 6.07) is 21.9. The molecule has 0 amide bonds. The molecule has 4 rings (SSSR count). The van der Waals surface area contributed by atoms with Gasteiger partial charge in [-0.3, -0.25) is 0 Å². The zero-order valence-electron chi connectivity index (χ0n) is 14.3. The van der Waals surface area contributed by atoms with Gasteiger partial charge in [0.1, 0.15) is 18.1 Å². The standard InChI is InChI=1S/C22H18FNO2/c1-15-12-18-20(24(15)21-11-10-17(25)13-19(21)23)8-5-9-22(18)26-14-16-6-3-2-4-7-16/h2-13,25H,14H2,1H3. The van der Waals surface area contributed by atoms with Gasteiger partial charge in [0.25, 0.3) is 0 Å². The van der Waals surface area contributed by atoms with Gasteiger partial charge >= 0.3 is 0 Å². The molecule has 1 N–H and O–H groups in total. The van der Waals surface area contributed by atoms with Crippen LogP contribution in [0.3, 0.4) is 0 Å². The van der Waals surface area contributed by atoms with Gasteiger partial charge in [-0.1, -0.05) is 36.4 Å². The van der Waals surface area contributed by atoms with Crippen LogP contribution >= 0.6 is 0 Å². The van der Waals surface area contributed by atoms with E-state index in [1.165, 1.54) is 6.07 Å². The van der Waals surface area contributed by atoms with Gasteiger partial charge in [-0.25, -0.2) is 4.39 Å². The lowest BCUT2D eigenvalue weighted by Crippen LogP contribution is -1.99. The number of aryl methyl sites for hydroxylation is 1. The van der Waals surface area contributed by atoms with E-state index in [1.807, 2.05) is 66.1 Å². The number of halogens is 1. The Morgan fingerprint density at radius 3 is 2.54 bits per heavy atom. The Balaban J connectivity index is 1.76. The second-order valence-corrected chi connectivity index (χ2v) is 6.22. The molecule has 0 fully saturated rings. The molecule has 0 aliphatic carbocycles. The molecule has 3 nitrogen and oxygen atoms in total. The topological polar surface area (TPSA) is 34.4 Å². The minimum absolute atomic E-state index is 0.0905. The molecule has 3 aromatic carbocycles. The maximum Gasteiger partial charge on any atom is 0.150 e. The molecule has 0 bridgehead atoms. The number of hydrogen-bond donors (Lipinski definition) is 1. The fourth-order valence-electron chi connectivity index (χ4n) is 3.19. The zero-order chi connectivity index (χ0) is 18.1. The highest BCUT2D eigenvalue weighted by Gasteiger charge is 2.14. The molecule has 1 aromatic heterocycles. The van der Waals surface area contributed by atoms with Crippen molar-refractivity contribution in [2.45, 2.75) is 13.5 Å². The van der Waals surface area contributed by atoms with Crippen LogP contribution in [-0.4, -0.2) is 9.67 Å². The SMILES string of the molecule is Cc1cc2c(OCc3ccccc3)cccc2n1-c1ccc(O)cc1F. The number of phenols is 1. The van der Waals surface area contributed by atoms with E-state index in [9.17, 15) is 9.50 Å². The van der Waals surface area contributed by atoms with Gasteiger partial charge in [0, 0.05) is 17.1 Å². The predicted molar refractivity (Wildman–Crippen MR) is 100 cm³/mol. The first-order valence-electron chi connectivity index (χ1n) is 8.40. The predicted octanol–water partition coefficient (Wildman–Crippen LogP) is 5.36. The van der Waals surface area contributed by atoms with E-state index in [0.29, 0.717) is 12.3 Å². The lowest BCUT2D eigenvalue weighted by atomic mass is 10.2. The normalized spacial score (nSPS) is 11.0. The molecule has 130 valence electrons. The average Bonchev–Trinajstić information content (AvgIpc) is 2.97. The van der Waals surface area contributed by atoms with E-state index in [4.69, 9.17) is 4.74 Å². The molecule has 0 saturated carbocycles. The van der Waals surface area contributed by atoms with Crippen molar-refractivity contribution in [3.05, 3.63) is 89.9 Å². The van der Waals surface area contributed by atoms with Crippen molar-refractivity contribution in [1.29, 1.82) is 0 Å². The first-order valence-corrected chi connectivity index (χ1v) is 8.40. The van der Waals surface area contributed by atoms with Crippen molar-refractivity contribution in [3.8, 4) is 17.2 Å². The van der Waals surface area contributed by atoms with Crippen molar-refractivity contribution >= 4 is 10.9 Å². The van der Waals surface area contributed by atoms with Crippen LogP contribution in [0.1, 0.15) is 11.3 Å². The van der Waals surface area contributed by atoms with Crippen molar-refractivity contribution in [3.63, 3.8) is 0 Å². The highest BCUT2D eigenvalue weighted by molar-refractivity contribution is 5.89. The molecule has 0 unspecified atom stereocenters. The van der Waals surface area contributed by atoms with E-state index in [-0.39, 0.29) is 5.75 Å². The Labute approximate surface area is 150 Å². The largest absolute Gasteiger partial charge is 0.508 e. The summed E-state index contributed by atoms with van der Waals surface area (Å²) in [4.78, 5) is 0. The number of aromatic hydroxyl groups is 1. The highest BCUT2D eigenvalue weighted by Crippen LogP contribution is 2.33. The van der Waals surface area contributed by atoms with Crippen LogP contribution < -0.4 is 4.74 Å². The molecule has 0 atom stereocenters. The summed E-state index contributed by atoms with van der Waals surface area (Å²) in [5.74, 6) is 0.195. The number of rotatable bonds is 4. The quantitative estimate of drug-likeness (QED) is 0.539. The maximum atomic E-state index is 14.4. The third kappa shape index (κ3) is 2.90. The second kappa shape index (κ2) is 6.56. The molecular formula is C22H18FNO2. The lowest BCUT2D eigenvalue weighted by molar-refractivity contribution is 0.310. The number of phenolic OH excluding ortho intramolecular Hbond substituents is 1. The van der Waals surface area contributed by atoms with Gasteiger partial charge in [-0.2, -0.15) is 0 Å². The number of fused-ring (bicyclic) bond motifs is 1. The minimum Gasteiger partial charge on any atom is -0.508 e. The Morgan fingerprint density at radius 2 is 1.77 bits per heavy atom. The summed E-state index contributed by atoms with van der Waals surface area (Å²) < 4.78 is 22.2. The number of nitrogens with zero attached hydrogens (tertiary/aromatic N) is 1. The molecule has 1 heterocycles. The van der Waals surface area contributed by atoms with E-state index in [1.54, 1.807) is 6.07 Å². The van der Waals surface area contributed by atoms with Crippen LogP contribution in [0, 0.1) is 12.7 Å². The molecule has 0 radical (unpaired) electrons. The highest BCUT2D eigenvalue weighted by atomic mass is 19.1. The van der Waals surface area contributed by atoms with Gasteiger partial charge in [0.05, 0.1) is 11.2 Å². The summed E-state index contributed by atoms with van der Waals surface area (Å²) >= 11 is 0. The Morgan fingerprint density at radius 1 is 0.962 bits per heavy atom. The van der Waals surface area contributed by atoms with Gasteiger partial charge in [0.2, 0.25) is 0 Å². The Kier molecular flexibility index (Phi) is 4.09. The van der Waals surface area contributed by atoms with Crippen LogP contribution in [0.15, 0.2) is 72.8 Å². The summed E-state index contributed by atoms with van der Waals surface area (Å²) in [5.41, 5.74) is 3.23. The molecule has 0 aliphatic heterocycles. The summed E-state index contributed by atoms with van der Waals surface area (Å²) in [5, 5.41) is 10.4. The smallest absolute Gasteiger partial charge is 0.150 e. The molecule has 26 heavy (non-hydrogen) atoms. The summed E-state index contributed by atoms with van der Waals surface area (Å²) in [7, 11) is 0. The molecular weight excluding hydrogens is 329 g/mol. The first-order chi connectivity index (χ1) is 12.6. The molecule has 0 spiro atoms. The van der Waals surface area contributed by atoms with Crippen molar-refractivity contribution in [1.82, 2.24) is 4.57 Å². The van der Waals surface area contributed by atoms with Crippen LogP contribution in [0.4, 0.5) is 4.39 Å². The Bertz CT molecular complexity index is 1070. The summed E-state index contributed by atoms with van der Waals surface area (Å²) in [6.07, 6.45) is 0. The van der Waals surface area contributed by atoms with E-state index >= 15 is 0 Å². The van der Waals surface area contributed by atoms with Gasteiger partial charge in [0.15, 0.2) is 5.82 Å². The number of ether oxygens (including phenoxy) is 1. The zero-order valence-corrected chi connectivity index (χ0v) is 14.3. The van der Waals surface area contributed by atoms with E-state index in [2.05, 4.69) is 0 Å². The number of aromatic nitrogens is 1. The number of hydrogen-bond acceptors (Lipinski definition) is 2. The van der Waals surface area contributed by atoms with Gasteiger partial charge in [-0.15, -0.1) is 0 Å². The van der Waals surface area contributed by atoms with Crippen molar-refractivity contribution in [2.75, 3.05) is 0 Å². The second-order valence-electron chi connectivity index (χ2n) is 6.22. The third-order valence-electron chi connectivity index (χ3n) is 4.40. The maximum absolute atomic E-state index is 14.4. The Hall–Kier alpha value is -3.27. The third-order valence-corrected chi connectivity index (χ3v) is 4.40. The molecule has 4 aromatic rings. The van der Waals surface area contributed by atoms with Crippen LogP contribution in [0.2, 0.25) is 0 Å². The van der Waals surface area contributed by atoms with Gasteiger partial charge < -0.3 is 14.4 Å². The fraction of sp³-hybridized carbons (Fsp3) is 0.0909. The monoisotopic (exact) mass is 347 g/mol. The molecule has 0 saturated heterocycles. The number of benzene rings is 3. The van der Waals surface area contributed by atoms with Crippen LogP contribution in [-0.2, 0) is 6.61 Å². The van der Waals surface area contributed by atoms with Crippen molar-refractivity contribution in [2.24, 2.45) is 0 Å². The lowest BCUT2D eigenvalue weighted by Gasteiger charge is -2.11. The van der Waals surface area contributed by atoms with E-state index < -0.39 is 5.82 Å². The first kappa shape index (κ1) is 16.2. The van der Waals surface area contributed by atoms with Crippen molar-refractivity contribution < 1.29 is 14.2 Å². The molecule has 4 heteroatoms. The average molecular weight is 347 g/mol. The molecule has 0 aliphatic rings. The van der Waals surface area contributed by atoms with Crippen LogP contribution in [0.25, 0.3) is 16.6 Å². The minimum atomic E-state index is -0.471. The fourth-order valence-corrected chi connectivity index (χ4v) is 3.19. The van der Waals surface area contributed by atoms with E-state index in [0.717, 1.165) is 34.0 Å². The van der Waals surface area contributed by atoms with Crippen LogP contribution in [0.5, 0.6) is 11.5 Å². The summed E-state index contributed by atoms with van der Waals surface area (Å²) in [6.45, 7) is 2.39. The van der Waals surface area contributed by atoms with Gasteiger partial charge in [-0.05, 0) is 42.8 Å².